The zero-order valence-electron chi connectivity index (χ0n) is 18.9. The van der Waals surface area contributed by atoms with E-state index in [2.05, 4.69) is 24.5 Å². The molecule has 1 atom stereocenters. The Bertz CT molecular complexity index is 1220. The molecular formula is C27H29NO4. The number of aromatic nitrogens is 1. The number of unbranched alkanes of at least 4 members (excludes halogenated alkanes) is 1. The fourth-order valence-electron chi connectivity index (χ4n) is 4.86. The Morgan fingerprint density at radius 3 is 2.62 bits per heavy atom. The van der Waals surface area contributed by atoms with E-state index >= 15 is 0 Å². The minimum atomic E-state index is -0.932. The summed E-state index contributed by atoms with van der Waals surface area (Å²) in [5.74, 6) is -0.986. The van der Waals surface area contributed by atoms with Crippen LogP contribution in [0.2, 0.25) is 0 Å². The van der Waals surface area contributed by atoms with Crippen molar-refractivity contribution in [3.8, 4) is 11.3 Å². The van der Waals surface area contributed by atoms with Crippen LogP contribution in [0.4, 0.5) is 0 Å². The van der Waals surface area contributed by atoms with Crippen molar-refractivity contribution in [2.75, 3.05) is 7.11 Å². The number of nitrogens with zero attached hydrogens (tertiary/aromatic N) is 1. The highest BCUT2D eigenvalue weighted by atomic mass is 16.5. The standard InChI is InChI=1S/C27H29NO4/c1-4-6-9-17(5-2)24-22-13-12-19(27(31)32-3)15-23(22)28-16-20(26(29)30)14-18-10-7-8-11-21(18)25(24)28/h7-8,10-15,17H,4-6,9,16H2,1-3H3,(H,29,30). The number of benzene rings is 2. The summed E-state index contributed by atoms with van der Waals surface area (Å²) in [4.78, 5) is 24.3. The molecule has 3 aromatic rings. The summed E-state index contributed by atoms with van der Waals surface area (Å²) in [6.45, 7) is 4.65. The summed E-state index contributed by atoms with van der Waals surface area (Å²) in [6, 6.07) is 13.6. The van der Waals surface area contributed by atoms with Crippen LogP contribution >= 0.6 is 0 Å². The molecule has 166 valence electrons. The fraction of sp³-hybridized carbons (Fsp3) is 0.333. The molecule has 1 aliphatic rings. The van der Waals surface area contributed by atoms with E-state index in [-0.39, 0.29) is 6.54 Å². The molecule has 0 spiro atoms. The van der Waals surface area contributed by atoms with Gasteiger partial charge in [0.2, 0.25) is 0 Å². The van der Waals surface area contributed by atoms with E-state index in [9.17, 15) is 14.7 Å². The number of hydrogen-bond acceptors (Lipinski definition) is 3. The van der Waals surface area contributed by atoms with Crippen molar-refractivity contribution in [3.05, 3.63) is 64.7 Å². The van der Waals surface area contributed by atoms with Crippen molar-refractivity contribution in [1.29, 1.82) is 0 Å². The zero-order chi connectivity index (χ0) is 22.8. The first-order valence-electron chi connectivity index (χ1n) is 11.3. The Labute approximate surface area is 188 Å². The Morgan fingerprint density at radius 1 is 1.16 bits per heavy atom. The highest BCUT2D eigenvalue weighted by Crippen LogP contribution is 2.44. The number of ether oxygens (including phenoxy) is 1. The first kappa shape index (κ1) is 21.9. The van der Waals surface area contributed by atoms with Gasteiger partial charge in [-0.25, -0.2) is 9.59 Å². The summed E-state index contributed by atoms with van der Waals surface area (Å²) >= 11 is 0. The summed E-state index contributed by atoms with van der Waals surface area (Å²) in [5, 5.41) is 11.0. The van der Waals surface area contributed by atoms with Gasteiger partial charge in [-0.1, -0.05) is 57.0 Å². The molecule has 0 amide bonds. The quantitative estimate of drug-likeness (QED) is 0.448. The van der Waals surface area contributed by atoms with E-state index in [0.717, 1.165) is 53.4 Å². The normalized spacial score (nSPS) is 13.7. The maximum absolute atomic E-state index is 12.3. The maximum Gasteiger partial charge on any atom is 0.337 e. The van der Waals surface area contributed by atoms with Crippen molar-refractivity contribution in [2.45, 2.75) is 52.0 Å². The van der Waals surface area contributed by atoms with Crippen molar-refractivity contribution in [1.82, 2.24) is 4.57 Å². The second-order valence-electron chi connectivity index (χ2n) is 8.38. The number of carbonyl (C=O) groups is 2. The van der Waals surface area contributed by atoms with E-state index in [1.807, 2.05) is 36.4 Å². The second kappa shape index (κ2) is 9.03. The van der Waals surface area contributed by atoms with Gasteiger partial charge in [0.1, 0.15) is 0 Å². The minimum Gasteiger partial charge on any atom is -0.478 e. The summed E-state index contributed by atoms with van der Waals surface area (Å²) < 4.78 is 7.03. The first-order valence-corrected chi connectivity index (χ1v) is 11.3. The lowest BCUT2D eigenvalue weighted by Gasteiger charge is -2.18. The predicted molar refractivity (Wildman–Crippen MR) is 127 cm³/mol. The number of methoxy groups -OCH3 is 1. The number of carbonyl (C=O) groups excluding carboxylic acids is 1. The van der Waals surface area contributed by atoms with Gasteiger partial charge in [-0.3, -0.25) is 0 Å². The SMILES string of the molecule is CCCCC(CC)c1c2n(c3cc(C(=O)OC)ccc13)CC(C(=O)O)=Cc1ccccc1-2. The number of rotatable bonds is 7. The predicted octanol–water partition coefficient (Wildman–Crippen LogP) is 6.26. The van der Waals surface area contributed by atoms with Crippen LogP contribution in [-0.4, -0.2) is 28.7 Å². The van der Waals surface area contributed by atoms with Crippen LogP contribution in [0.25, 0.3) is 28.2 Å². The summed E-state index contributed by atoms with van der Waals surface area (Å²) in [5.41, 5.74) is 5.91. The molecule has 1 N–H and O–H groups in total. The van der Waals surface area contributed by atoms with Gasteiger partial charge < -0.3 is 14.4 Å². The molecule has 5 heteroatoms. The maximum atomic E-state index is 12.3. The van der Waals surface area contributed by atoms with Crippen LogP contribution < -0.4 is 0 Å². The van der Waals surface area contributed by atoms with Crippen molar-refractivity contribution >= 4 is 28.9 Å². The third kappa shape index (κ3) is 3.72. The van der Waals surface area contributed by atoms with E-state index in [4.69, 9.17) is 4.74 Å². The van der Waals surface area contributed by atoms with Crippen LogP contribution in [0.5, 0.6) is 0 Å². The lowest BCUT2D eigenvalue weighted by Crippen LogP contribution is -2.09. The topological polar surface area (TPSA) is 68.5 Å². The molecule has 5 nitrogen and oxygen atoms in total. The van der Waals surface area contributed by atoms with E-state index < -0.39 is 11.9 Å². The average molecular weight is 432 g/mol. The van der Waals surface area contributed by atoms with Gasteiger partial charge in [0.05, 0.1) is 30.5 Å². The number of aliphatic carboxylic acids is 1. The number of fused-ring (bicyclic) bond motifs is 5. The van der Waals surface area contributed by atoms with Crippen LogP contribution in [-0.2, 0) is 16.1 Å². The minimum absolute atomic E-state index is 0.241. The Kier molecular flexibility index (Phi) is 6.17. The molecule has 4 rings (SSSR count). The highest BCUT2D eigenvalue weighted by molar-refractivity contribution is 6.01. The largest absolute Gasteiger partial charge is 0.478 e. The van der Waals surface area contributed by atoms with Crippen molar-refractivity contribution in [2.24, 2.45) is 0 Å². The molecule has 2 heterocycles. The van der Waals surface area contributed by atoms with Crippen LogP contribution in [0.15, 0.2) is 48.0 Å². The summed E-state index contributed by atoms with van der Waals surface area (Å²) in [7, 11) is 1.37. The third-order valence-corrected chi connectivity index (χ3v) is 6.48. The van der Waals surface area contributed by atoms with Crippen LogP contribution in [0.1, 0.15) is 66.9 Å². The van der Waals surface area contributed by atoms with Gasteiger partial charge >= 0.3 is 11.9 Å². The fourth-order valence-corrected chi connectivity index (χ4v) is 4.86. The molecule has 0 bridgehead atoms. The molecule has 0 fully saturated rings. The van der Waals surface area contributed by atoms with E-state index in [1.165, 1.54) is 12.7 Å². The molecule has 1 aromatic heterocycles. The number of esters is 1. The highest BCUT2D eigenvalue weighted by Gasteiger charge is 2.28. The molecule has 1 aliphatic heterocycles. The Balaban J connectivity index is 2.09. The molecule has 0 aliphatic carbocycles. The smallest absolute Gasteiger partial charge is 0.337 e. The number of carboxylic acid groups (broad SMARTS) is 1. The molecule has 0 saturated heterocycles. The molecule has 32 heavy (non-hydrogen) atoms. The molecule has 1 unspecified atom stereocenters. The van der Waals surface area contributed by atoms with Crippen LogP contribution in [0.3, 0.4) is 0 Å². The van der Waals surface area contributed by atoms with Gasteiger partial charge in [0.15, 0.2) is 0 Å². The van der Waals surface area contributed by atoms with Crippen LogP contribution in [0, 0.1) is 0 Å². The molecular weight excluding hydrogens is 402 g/mol. The summed E-state index contributed by atoms with van der Waals surface area (Å²) in [6.07, 6.45) is 6.09. The van der Waals surface area contributed by atoms with Gasteiger partial charge in [0, 0.05) is 16.5 Å². The lowest BCUT2D eigenvalue weighted by atomic mass is 9.86. The zero-order valence-corrected chi connectivity index (χ0v) is 18.9. The number of hydrogen-bond donors (Lipinski definition) is 1. The van der Waals surface area contributed by atoms with E-state index in [0.29, 0.717) is 17.1 Å². The average Bonchev–Trinajstić information content (AvgIpc) is 3.00. The van der Waals surface area contributed by atoms with Gasteiger partial charge in [-0.05, 0) is 48.1 Å². The van der Waals surface area contributed by atoms with Gasteiger partial charge in [-0.2, -0.15) is 0 Å². The first-order chi connectivity index (χ1) is 15.5. The van der Waals surface area contributed by atoms with E-state index in [1.54, 1.807) is 6.08 Å². The monoisotopic (exact) mass is 431 g/mol. The second-order valence-corrected chi connectivity index (χ2v) is 8.38. The van der Waals surface area contributed by atoms with Gasteiger partial charge in [0.25, 0.3) is 0 Å². The number of carboxylic acids is 1. The molecule has 0 radical (unpaired) electrons. The van der Waals surface area contributed by atoms with Crippen molar-refractivity contribution < 1.29 is 19.4 Å². The lowest BCUT2D eigenvalue weighted by molar-refractivity contribution is -0.132. The molecule has 2 aromatic carbocycles. The van der Waals surface area contributed by atoms with Crippen molar-refractivity contribution in [3.63, 3.8) is 0 Å². The Hall–Kier alpha value is -3.34. The van der Waals surface area contributed by atoms with Gasteiger partial charge in [-0.15, -0.1) is 0 Å². The third-order valence-electron chi connectivity index (χ3n) is 6.48. The Morgan fingerprint density at radius 2 is 1.94 bits per heavy atom. The molecule has 0 saturated carbocycles.